The highest BCUT2D eigenvalue weighted by molar-refractivity contribution is 5.96. The van der Waals surface area contributed by atoms with E-state index in [0.29, 0.717) is 6.41 Å². The van der Waals surface area contributed by atoms with Gasteiger partial charge in [0.05, 0.1) is 6.10 Å². The monoisotopic (exact) mass is 271 g/mol. The Labute approximate surface area is 112 Å². The quantitative estimate of drug-likeness (QED) is 0.228. The molecule has 0 aliphatic carbocycles. The van der Waals surface area contributed by atoms with Crippen molar-refractivity contribution in [3.05, 3.63) is 12.3 Å². The van der Waals surface area contributed by atoms with Gasteiger partial charge in [0.1, 0.15) is 12.1 Å². The smallest absolute Gasteiger partial charge is 0.212 e. The largest absolute Gasteiger partial charge is 0.368 e. The molecule has 0 bridgehead atoms. The molecule has 1 saturated heterocycles. The second-order valence-electron chi connectivity index (χ2n) is 4.74. The lowest BCUT2D eigenvalue weighted by atomic mass is 10.0. The molecule has 0 aromatic carbocycles. The molecule has 3 unspecified atom stereocenters. The van der Waals surface area contributed by atoms with Crippen LogP contribution in [0, 0.1) is 11.3 Å². The summed E-state index contributed by atoms with van der Waals surface area (Å²) in [5, 5.41) is 27.5. The normalized spacial score (nSPS) is 26.9. The van der Waals surface area contributed by atoms with Crippen molar-refractivity contribution in [3.63, 3.8) is 0 Å². The van der Waals surface area contributed by atoms with Crippen molar-refractivity contribution in [2.24, 2.45) is 5.92 Å². The fraction of sp³-hybridized carbons (Fsp3) is 0.667. The lowest BCUT2D eigenvalue weighted by Gasteiger charge is -2.26. The lowest BCUT2D eigenvalue weighted by Crippen LogP contribution is -2.32. The number of carbonyl (C=O) groups is 1. The molecular weight excluding hydrogens is 250 g/mol. The maximum atomic E-state index is 10.1. The maximum absolute atomic E-state index is 10.1. The van der Waals surface area contributed by atoms with Crippen LogP contribution in [0.3, 0.4) is 0 Å². The van der Waals surface area contributed by atoms with E-state index in [1.165, 1.54) is 6.08 Å². The van der Waals surface area contributed by atoms with Crippen molar-refractivity contribution in [3.8, 4) is 0 Å². The van der Waals surface area contributed by atoms with Gasteiger partial charge in [-0.3, -0.25) is 10.2 Å². The van der Waals surface area contributed by atoms with Crippen LogP contribution in [0.25, 0.3) is 0 Å². The summed E-state index contributed by atoms with van der Waals surface area (Å²) in [4.78, 5) is 11.9. The summed E-state index contributed by atoms with van der Waals surface area (Å²) in [6.45, 7) is 2.02. The molecule has 0 radical (unpaired) electrons. The third-order valence-corrected chi connectivity index (χ3v) is 3.02. The number of aliphatic hydroxyl groups is 2. The number of nitrogens with zero attached hydrogens (tertiary/aromatic N) is 1. The van der Waals surface area contributed by atoms with Crippen molar-refractivity contribution in [2.45, 2.75) is 38.4 Å². The number of rotatable bonds is 6. The number of amidine groups is 1. The fourth-order valence-corrected chi connectivity index (χ4v) is 2.19. The van der Waals surface area contributed by atoms with Crippen molar-refractivity contribution < 1.29 is 19.7 Å². The van der Waals surface area contributed by atoms with Crippen LogP contribution in [0.5, 0.6) is 0 Å². The van der Waals surface area contributed by atoms with Crippen LogP contribution in [-0.4, -0.2) is 53.0 Å². The molecule has 3 atom stereocenters. The molecule has 19 heavy (non-hydrogen) atoms. The van der Waals surface area contributed by atoms with Gasteiger partial charge in [-0.25, -0.2) is 0 Å². The van der Waals surface area contributed by atoms with Gasteiger partial charge >= 0.3 is 0 Å². The Kier molecular flexibility index (Phi) is 5.94. The Morgan fingerprint density at radius 2 is 2.32 bits per heavy atom. The summed E-state index contributed by atoms with van der Waals surface area (Å²) in [6.07, 6.45) is 2.79. The minimum Gasteiger partial charge on any atom is -0.368 e. The highest BCUT2D eigenvalue weighted by Crippen LogP contribution is 2.30. The number of hydrogen-bond acceptors (Lipinski definition) is 6. The summed E-state index contributed by atoms with van der Waals surface area (Å²) in [5.41, 5.74) is 0. The minimum absolute atomic E-state index is 0.00479. The Balaban J connectivity index is 2.50. The van der Waals surface area contributed by atoms with Crippen molar-refractivity contribution in [2.75, 3.05) is 7.05 Å². The Morgan fingerprint density at radius 3 is 2.89 bits per heavy atom. The number of nitrogens with one attached hydrogen (secondary N) is 2. The molecule has 1 rings (SSSR count). The molecule has 7 heteroatoms. The second kappa shape index (κ2) is 7.22. The van der Waals surface area contributed by atoms with E-state index in [2.05, 4.69) is 5.32 Å². The topological polar surface area (TPSA) is 106 Å². The molecule has 1 fully saturated rings. The van der Waals surface area contributed by atoms with Crippen LogP contribution in [-0.2, 0) is 9.53 Å². The number of hydrogen-bond donors (Lipinski definition) is 4. The molecule has 0 aromatic rings. The van der Waals surface area contributed by atoms with E-state index >= 15 is 0 Å². The Bertz CT molecular complexity index is 346. The Hall–Kier alpha value is -1.44. The zero-order valence-electron chi connectivity index (χ0n) is 11.1. The van der Waals surface area contributed by atoms with Gasteiger partial charge in [0.2, 0.25) is 6.41 Å². The van der Waals surface area contributed by atoms with Crippen molar-refractivity contribution in [1.82, 2.24) is 10.2 Å². The summed E-state index contributed by atoms with van der Waals surface area (Å²) in [5.74, 6) is 0.237. The third kappa shape index (κ3) is 4.98. The SMILES string of the molecule is CC1CC(CC(O)O)OC1N(C)/C=C\C(=N)NC=O. The maximum Gasteiger partial charge on any atom is 0.212 e. The average molecular weight is 271 g/mol. The molecule has 108 valence electrons. The first-order valence-corrected chi connectivity index (χ1v) is 6.14. The van der Waals surface area contributed by atoms with Gasteiger partial charge in [-0.2, -0.15) is 0 Å². The molecule has 0 aromatic heterocycles. The molecule has 1 heterocycles. The highest BCUT2D eigenvalue weighted by atomic mass is 16.5. The first kappa shape index (κ1) is 15.6. The standard InChI is InChI=1S/C12H21N3O4/c1-8-5-9(6-11(17)18)19-12(8)15(2)4-3-10(13)14-7-16/h3-4,7-9,11-12,17-18H,5-6H2,1-2H3,(H2,13,14,16)/b4-3-. The van der Waals surface area contributed by atoms with E-state index in [4.69, 9.17) is 20.4 Å². The van der Waals surface area contributed by atoms with Gasteiger partial charge in [0.15, 0.2) is 6.29 Å². The zero-order valence-corrected chi connectivity index (χ0v) is 11.1. The lowest BCUT2D eigenvalue weighted by molar-refractivity contribution is -0.108. The predicted molar refractivity (Wildman–Crippen MR) is 69.1 cm³/mol. The first-order chi connectivity index (χ1) is 8.93. The van der Waals surface area contributed by atoms with Gasteiger partial charge in [0.25, 0.3) is 0 Å². The molecule has 7 nitrogen and oxygen atoms in total. The van der Waals surface area contributed by atoms with Crippen molar-refractivity contribution >= 4 is 12.2 Å². The van der Waals surface area contributed by atoms with E-state index < -0.39 is 6.29 Å². The number of carbonyl (C=O) groups excluding carboxylic acids is 1. The average Bonchev–Trinajstić information content (AvgIpc) is 2.66. The van der Waals surface area contributed by atoms with Crippen LogP contribution in [0.4, 0.5) is 0 Å². The summed E-state index contributed by atoms with van der Waals surface area (Å²) in [6, 6.07) is 0. The van der Waals surface area contributed by atoms with Crippen LogP contribution in [0.1, 0.15) is 19.8 Å². The highest BCUT2D eigenvalue weighted by Gasteiger charge is 2.34. The summed E-state index contributed by atoms with van der Waals surface area (Å²) in [7, 11) is 1.81. The van der Waals surface area contributed by atoms with Gasteiger partial charge in [-0.1, -0.05) is 6.92 Å². The number of amides is 1. The van der Waals surface area contributed by atoms with Crippen LogP contribution in [0.2, 0.25) is 0 Å². The predicted octanol–water partition coefficient (Wildman–Crippen LogP) is -0.393. The molecule has 4 N–H and O–H groups in total. The Morgan fingerprint density at radius 1 is 1.63 bits per heavy atom. The van der Waals surface area contributed by atoms with E-state index in [-0.39, 0.29) is 30.5 Å². The number of ether oxygens (including phenoxy) is 1. The first-order valence-electron chi connectivity index (χ1n) is 6.14. The zero-order chi connectivity index (χ0) is 14.4. The number of aliphatic hydroxyl groups excluding tert-OH is 1. The second-order valence-corrected chi connectivity index (χ2v) is 4.74. The van der Waals surface area contributed by atoms with Crippen LogP contribution in [0.15, 0.2) is 12.3 Å². The van der Waals surface area contributed by atoms with Gasteiger partial charge in [0, 0.05) is 25.6 Å². The molecular formula is C12H21N3O4. The fourth-order valence-electron chi connectivity index (χ4n) is 2.19. The van der Waals surface area contributed by atoms with Crippen molar-refractivity contribution in [1.29, 1.82) is 5.41 Å². The molecule has 1 aliphatic rings. The molecule has 0 saturated carbocycles. The van der Waals surface area contributed by atoms with E-state index in [1.54, 1.807) is 11.1 Å². The van der Waals surface area contributed by atoms with E-state index in [0.717, 1.165) is 6.42 Å². The van der Waals surface area contributed by atoms with E-state index in [1.807, 2.05) is 14.0 Å². The van der Waals surface area contributed by atoms with Gasteiger partial charge < -0.3 is 25.2 Å². The molecule has 0 spiro atoms. The molecule has 1 aliphatic heterocycles. The summed E-state index contributed by atoms with van der Waals surface area (Å²) >= 11 is 0. The van der Waals surface area contributed by atoms with Gasteiger partial charge in [-0.15, -0.1) is 0 Å². The third-order valence-electron chi connectivity index (χ3n) is 3.02. The summed E-state index contributed by atoms with van der Waals surface area (Å²) < 4.78 is 5.73. The van der Waals surface area contributed by atoms with Crippen LogP contribution < -0.4 is 5.32 Å². The van der Waals surface area contributed by atoms with Crippen LogP contribution >= 0.6 is 0 Å². The van der Waals surface area contributed by atoms with E-state index in [9.17, 15) is 4.79 Å². The van der Waals surface area contributed by atoms with Gasteiger partial charge in [-0.05, 0) is 12.5 Å². The molecule has 1 amide bonds. The minimum atomic E-state index is -1.36.